The van der Waals surface area contributed by atoms with E-state index in [1.54, 1.807) is 6.26 Å². The first-order valence-electron chi connectivity index (χ1n) is 11.5. The van der Waals surface area contributed by atoms with Gasteiger partial charge in [-0.2, -0.15) is 0 Å². The molecule has 2 saturated heterocycles. The maximum atomic E-state index is 13.2. The zero-order chi connectivity index (χ0) is 22.8. The fourth-order valence-corrected chi connectivity index (χ4v) is 4.92. The summed E-state index contributed by atoms with van der Waals surface area (Å²) < 4.78 is 5.38. The number of hydrogen-bond donors (Lipinski definition) is 0. The summed E-state index contributed by atoms with van der Waals surface area (Å²) in [5.41, 5.74) is 3.11. The summed E-state index contributed by atoms with van der Waals surface area (Å²) >= 11 is 6.20. The number of carbonyl (C=O) groups is 1. The predicted octanol–water partition coefficient (Wildman–Crippen LogP) is 4.26. The van der Waals surface area contributed by atoms with Crippen LogP contribution in [0.3, 0.4) is 0 Å². The van der Waals surface area contributed by atoms with E-state index in [0.29, 0.717) is 5.76 Å². The topological polar surface area (TPSA) is 65.7 Å². The Morgan fingerprint density at radius 3 is 2.42 bits per heavy atom. The van der Waals surface area contributed by atoms with Crippen molar-refractivity contribution in [2.24, 2.45) is 5.92 Å². The molecule has 0 aliphatic carbocycles. The van der Waals surface area contributed by atoms with Crippen LogP contribution in [-0.4, -0.2) is 60.3 Å². The monoisotopic (exact) mass is 465 g/mol. The van der Waals surface area contributed by atoms with Gasteiger partial charge in [0.15, 0.2) is 11.6 Å². The number of aryl methyl sites for hydroxylation is 1. The van der Waals surface area contributed by atoms with Crippen molar-refractivity contribution in [2.45, 2.75) is 19.8 Å². The van der Waals surface area contributed by atoms with Crippen molar-refractivity contribution in [3.63, 3.8) is 0 Å². The van der Waals surface area contributed by atoms with E-state index in [4.69, 9.17) is 16.0 Å². The first-order valence-corrected chi connectivity index (χ1v) is 11.9. The third-order valence-corrected chi connectivity index (χ3v) is 6.93. The first kappa shape index (κ1) is 21.8. The highest BCUT2D eigenvalue weighted by Crippen LogP contribution is 2.28. The van der Waals surface area contributed by atoms with E-state index in [-0.39, 0.29) is 11.8 Å². The molecule has 0 unspecified atom stereocenters. The molecule has 1 amide bonds. The Morgan fingerprint density at radius 2 is 1.76 bits per heavy atom. The molecule has 33 heavy (non-hydrogen) atoms. The molecule has 3 aromatic rings. The molecule has 7 nitrogen and oxygen atoms in total. The van der Waals surface area contributed by atoms with Gasteiger partial charge in [-0.15, -0.1) is 10.2 Å². The van der Waals surface area contributed by atoms with Crippen molar-refractivity contribution >= 4 is 29.0 Å². The van der Waals surface area contributed by atoms with Crippen LogP contribution in [0.5, 0.6) is 0 Å². The first-order chi connectivity index (χ1) is 16.1. The second kappa shape index (κ2) is 9.43. The van der Waals surface area contributed by atoms with Crippen LogP contribution in [0, 0.1) is 12.8 Å². The summed E-state index contributed by atoms with van der Waals surface area (Å²) in [7, 11) is 0. The number of benzene rings is 1. The van der Waals surface area contributed by atoms with E-state index in [0.717, 1.165) is 68.6 Å². The number of carbonyl (C=O) groups excluding carboxylic acids is 1. The molecule has 0 spiro atoms. The predicted molar refractivity (Wildman–Crippen MR) is 130 cm³/mol. The average Bonchev–Trinajstić information content (AvgIpc) is 3.41. The van der Waals surface area contributed by atoms with Gasteiger partial charge in [-0.25, -0.2) is 0 Å². The molecule has 0 N–H and O–H groups in total. The zero-order valence-electron chi connectivity index (χ0n) is 18.8. The minimum absolute atomic E-state index is 0.0797. The van der Waals surface area contributed by atoms with Gasteiger partial charge < -0.3 is 19.1 Å². The van der Waals surface area contributed by atoms with Crippen molar-refractivity contribution in [2.75, 3.05) is 49.1 Å². The fourth-order valence-electron chi connectivity index (χ4n) is 4.75. The normalized spacial score (nSPS) is 17.5. The highest BCUT2D eigenvalue weighted by molar-refractivity contribution is 6.30. The average molecular weight is 466 g/mol. The van der Waals surface area contributed by atoms with E-state index >= 15 is 0 Å². The standard InChI is InChI=1S/C25H28ClN5O2/c1-18-4-5-20(26)17-22(18)29-12-14-31(15-13-29)25(32)19-8-10-30(11-9-19)24-7-6-21(27-28-24)23-3-2-16-33-23/h2-7,16-17,19H,8-15H2,1H3. The lowest BCUT2D eigenvalue weighted by Gasteiger charge is -2.40. The molecule has 4 heterocycles. The van der Waals surface area contributed by atoms with Crippen molar-refractivity contribution in [3.05, 3.63) is 59.3 Å². The van der Waals surface area contributed by atoms with E-state index in [9.17, 15) is 4.79 Å². The van der Waals surface area contributed by atoms with Crippen LogP contribution in [0.15, 0.2) is 53.1 Å². The second-order valence-corrected chi connectivity index (χ2v) is 9.19. The Kier molecular flexibility index (Phi) is 6.22. The maximum absolute atomic E-state index is 13.2. The van der Waals surface area contributed by atoms with Gasteiger partial charge in [0.2, 0.25) is 5.91 Å². The molecule has 0 atom stereocenters. The quantitative estimate of drug-likeness (QED) is 0.573. The Hall–Kier alpha value is -3.06. The van der Waals surface area contributed by atoms with Crippen LogP contribution in [0.25, 0.3) is 11.5 Å². The number of amides is 1. The molecule has 2 aromatic heterocycles. The molecule has 2 fully saturated rings. The van der Waals surface area contributed by atoms with Crippen LogP contribution >= 0.6 is 11.6 Å². The number of halogens is 1. The Morgan fingerprint density at radius 1 is 0.970 bits per heavy atom. The van der Waals surface area contributed by atoms with E-state index in [2.05, 4.69) is 33.0 Å². The number of furan rings is 1. The lowest BCUT2D eigenvalue weighted by Crippen LogP contribution is -2.52. The van der Waals surface area contributed by atoms with Gasteiger partial charge in [0.05, 0.1) is 6.26 Å². The van der Waals surface area contributed by atoms with Gasteiger partial charge in [0.25, 0.3) is 0 Å². The molecular weight excluding hydrogens is 438 g/mol. The minimum atomic E-state index is 0.0797. The molecule has 2 aliphatic heterocycles. The highest BCUT2D eigenvalue weighted by Gasteiger charge is 2.31. The number of rotatable bonds is 4. The maximum Gasteiger partial charge on any atom is 0.225 e. The van der Waals surface area contributed by atoms with Crippen molar-refractivity contribution in [1.29, 1.82) is 0 Å². The second-order valence-electron chi connectivity index (χ2n) is 8.76. The summed E-state index contributed by atoms with van der Waals surface area (Å²) in [5.74, 6) is 1.93. The summed E-state index contributed by atoms with van der Waals surface area (Å²) in [6, 6.07) is 13.6. The Labute approximate surface area is 198 Å². The fraction of sp³-hybridized carbons (Fsp3) is 0.400. The Bertz CT molecular complexity index is 1090. The van der Waals surface area contributed by atoms with Gasteiger partial charge in [0, 0.05) is 55.9 Å². The summed E-state index contributed by atoms with van der Waals surface area (Å²) in [6.45, 7) is 6.91. The number of piperazine rings is 1. The van der Waals surface area contributed by atoms with Crippen LogP contribution in [0.1, 0.15) is 18.4 Å². The summed E-state index contributed by atoms with van der Waals surface area (Å²) in [4.78, 5) is 19.7. The molecule has 8 heteroatoms. The van der Waals surface area contributed by atoms with E-state index in [1.165, 1.54) is 11.3 Å². The highest BCUT2D eigenvalue weighted by atomic mass is 35.5. The van der Waals surface area contributed by atoms with Crippen LogP contribution < -0.4 is 9.80 Å². The van der Waals surface area contributed by atoms with Gasteiger partial charge in [-0.1, -0.05) is 17.7 Å². The zero-order valence-corrected chi connectivity index (χ0v) is 19.5. The lowest BCUT2D eigenvalue weighted by molar-refractivity contribution is -0.136. The number of anilines is 2. The number of aromatic nitrogens is 2. The largest absolute Gasteiger partial charge is 0.463 e. The number of nitrogens with zero attached hydrogens (tertiary/aromatic N) is 5. The van der Waals surface area contributed by atoms with Crippen molar-refractivity contribution in [1.82, 2.24) is 15.1 Å². The SMILES string of the molecule is Cc1ccc(Cl)cc1N1CCN(C(=O)C2CCN(c3ccc(-c4ccco4)nn3)CC2)CC1. The van der Waals surface area contributed by atoms with E-state index < -0.39 is 0 Å². The third-order valence-electron chi connectivity index (χ3n) is 6.70. The molecule has 0 radical (unpaired) electrons. The molecule has 5 rings (SSSR count). The van der Waals surface area contributed by atoms with Gasteiger partial charge in [-0.3, -0.25) is 4.79 Å². The smallest absolute Gasteiger partial charge is 0.225 e. The number of hydrogen-bond acceptors (Lipinski definition) is 6. The summed E-state index contributed by atoms with van der Waals surface area (Å²) in [5, 5.41) is 9.42. The molecule has 1 aromatic carbocycles. The molecule has 0 saturated carbocycles. The van der Waals surface area contributed by atoms with Gasteiger partial charge >= 0.3 is 0 Å². The third kappa shape index (κ3) is 4.69. The van der Waals surface area contributed by atoms with Gasteiger partial charge in [-0.05, 0) is 61.7 Å². The van der Waals surface area contributed by atoms with Crippen LogP contribution in [0.2, 0.25) is 5.02 Å². The van der Waals surface area contributed by atoms with E-state index in [1.807, 2.05) is 41.3 Å². The van der Waals surface area contributed by atoms with Crippen molar-refractivity contribution in [3.8, 4) is 11.5 Å². The molecule has 172 valence electrons. The van der Waals surface area contributed by atoms with Crippen LogP contribution in [-0.2, 0) is 4.79 Å². The summed E-state index contributed by atoms with van der Waals surface area (Å²) in [6.07, 6.45) is 3.31. The van der Waals surface area contributed by atoms with Crippen LogP contribution in [0.4, 0.5) is 11.5 Å². The molecule has 0 bridgehead atoms. The number of piperidine rings is 1. The van der Waals surface area contributed by atoms with Gasteiger partial charge in [0.1, 0.15) is 5.69 Å². The van der Waals surface area contributed by atoms with Crippen molar-refractivity contribution < 1.29 is 9.21 Å². The lowest BCUT2D eigenvalue weighted by atomic mass is 9.95. The Balaban J connectivity index is 1.13. The minimum Gasteiger partial charge on any atom is -0.463 e. The molecular formula is C25H28ClN5O2. The molecule has 2 aliphatic rings.